The van der Waals surface area contributed by atoms with Crippen molar-refractivity contribution in [1.29, 1.82) is 0 Å². The van der Waals surface area contributed by atoms with Crippen LogP contribution in [0.25, 0.3) is 5.69 Å². The van der Waals surface area contributed by atoms with Gasteiger partial charge in [-0.25, -0.2) is 4.68 Å². The average molecular weight is 319 g/mol. The van der Waals surface area contributed by atoms with Gasteiger partial charge in [0.15, 0.2) is 10.9 Å². The van der Waals surface area contributed by atoms with Gasteiger partial charge in [0.1, 0.15) is 6.61 Å². The van der Waals surface area contributed by atoms with Crippen molar-refractivity contribution in [2.75, 3.05) is 0 Å². The number of hydrogen-bond acceptors (Lipinski definition) is 2. The lowest BCUT2D eigenvalue weighted by Crippen LogP contribution is -1.98. The molecule has 0 saturated heterocycles. The SMILES string of the molecule is Clc1ccccc1-n1ncc(OCc2ccccc2)c1Cl. The van der Waals surface area contributed by atoms with Gasteiger partial charge in [-0.3, -0.25) is 0 Å². The third-order valence-corrected chi connectivity index (χ3v) is 3.66. The number of benzene rings is 2. The average Bonchev–Trinajstić information content (AvgIpc) is 2.88. The Morgan fingerprint density at radius 1 is 0.952 bits per heavy atom. The Bertz CT molecular complexity index is 741. The van der Waals surface area contributed by atoms with Gasteiger partial charge < -0.3 is 4.74 Å². The van der Waals surface area contributed by atoms with Gasteiger partial charge in [-0.05, 0) is 17.7 Å². The quantitative estimate of drug-likeness (QED) is 0.693. The maximum absolute atomic E-state index is 6.31. The number of para-hydroxylation sites is 1. The second-order valence-corrected chi connectivity index (χ2v) is 5.20. The molecule has 3 rings (SSSR count). The molecule has 0 aliphatic carbocycles. The molecule has 0 unspecified atom stereocenters. The van der Waals surface area contributed by atoms with Gasteiger partial charge in [-0.2, -0.15) is 5.10 Å². The van der Waals surface area contributed by atoms with Crippen molar-refractivity contribution in [3.8, 4) is 11.4 Å². The lowest BCUT2D eigenvalue weighted by molar-refractivity contribution is 0.306. The van der Waals surface area contributed by atoms with E-state index in [1.54, 1.807) is 16.9 Å². The van der Waals surface area contributed by atoms with Crippen LogP contribution in [0, 0.1) is 0 Å². The minimum absolute atomic E-state index is 0.402. The van der Waals surface area contributed by atoms with Crippen LogP contribution in [0.4, 0.5) is 0 Å². The largest absolute Gasteiger partial charge is 0.484 e. The maximum Gasteiger partial charge on any atom is 0.177 e. The van der Waals surface area contributed by atoms with Crippen LogP contribution < -0.4 is 4.74 Å². The lowest BCUT2D eigenvalue weighted by atomic mass is 10.2. The molecule has 0 N–H and O–H groups in total. The van der Waals surface area contributed by atoms with E-state index in [-0.39, 0.29) is 0 Å². The molecule has 0 bridgehead atoms. The normalized spacial score (nSPS) is 10.6. The summed E-state index contributed by atoms with van der Waals surface area (Å²) in [6.45, 7) is 0.439. The van der Waals surface area contributed by atoms with Gasteiger partial charge in [0.05, 0.1) is 16.9 Å². The van der Waals surface area contributed by atoms with Crippen molar-refractivity contribution in [3.05, 3.63) is 76.5 Å². The first kappa shape index (κ1) is 14.0. The second kappa shape index (κ2) is 6.20. The molecule has 2 aromatic carbocycles. The Morgan fingerprint density at radius 3 is 2.43 bits per heavy atom. The van der Waals surface area contributed by atoms with Crippen molar-refractivity contribution in [1.82, 2.24) is 9.78 Å². The number of halogens is 2. The minimum atomic E-state index is 0.402. The zero-order valence-corrected chi connectivity index (χ0v) is 12.6. The first-order valence-electron chi connectivity index (χ1n) is 6.41. The predicted octanol–water partition coefficient (Wildman–Crippen LogP) is 4.76. The van der Waals surface area contributed by atoms with Crippen molar-refractivity contribution >= 4 is 23.2 Å². The van der Waals surface area contributed by atoms with Crippen LogP contribution in [0.5, 0.6) is 5.75 Å². The van der Waals surface area contributed by atoms with Gasteiger partial charge >= 0.3 is 0 Å². The van der Waals surface area contributed by atoms with Gasteiger partial charge in [-0.1, -0.05) is 65.7 Å². The van der Waals surface area contributed by atoms with E-state index in [2.05, 4.69) is 5.10 Å². The standard InChI is InChI=1S/C16H12Cl2N2O/c17-13-8-4-5-9-14(13)20-16(18)15(10-19-20)21-11-12-6-2-1-3-7-12/h1-10H,11H2. The summed E-state index contributed by atoms with van der Waals surface area (Å²) >= 11 is 12.5. The van der Waals surface area contributed by atoms with Crippen molar-refractivity contribution in [2.24, 2.45) is 0 Å². The van der Waals surface area contributed by atoms with Crippen LogP contribution in [-0.2, 0) is 6.61 Å². The first-order valence-corrected chi connectivity index (χ1v) is 7.16. The molecule has 0 aliphatic rings. The van der Waals surface area contributed by atoms with Crippen LogP contribution in [0.15, 0.2) is 60.8 Å². The van der Waals surface area contributed by atoms with Crippen LogP contribution in [0.3, 0.4) is 0 Å². The highest BCUT2D eigenvalue weighted by Crippen LogP contribution is 2.30. The van der Waals surface area contributed by atoms with Gasteiger partial charge in [-0.15, -0.1) is 0 Å². The fourth-order valence-electron chi connectivity index (χ4n) is 1.94. The molecular formula is C16H12Cl2N2O. The summed E-state index contributed by atoms with van der Waals surface area (Å²) in [4.78, 5) is 0. The summed E-state index contributed by atoms with van der Waals surface area (Å²) in [5, 5.41) is 5.22. The number of ether oxygens (including phenoxy) is 1. The van der Waals surface area contributed by atoms with Gasteiger partial charge in [0.25, 0.3) is 0 Å². The van der Waals surface area contributed by atoms with Gasteiger partial charge in [0.2, 0.25) is 0 Å². The summed E-state index contributed by atoms with van der Waals surface area (Å²) in [5.74, 6) is 0.528. The van der Waals surface area contributed by atoms with E-state index in [1.807, 2.05) is 48.5 Å². The highest BCUT2D eigenvalue weighted by molar-refractivity contribution is 6.33. The molecule has 1 heterocycles. The second-order valence-electron chi connectivity index (χ2n) is 4.44. The number of hydrogen-bond donors (Lipinski definition) is 0. The van der Waals surface area contributed by atoms with Crippen molar-refractivity contribution in [3.63, 3.8) is 0 Å². The Labute approximate surface area is 132 Å². The Hall–Kier alpha value is -1.97. The third kappa shape index (κ3) is 3.04. The maximum atomic E-state index is 6.31. The fraction of sp³-hybridized carbons (Fsp3) is 0.0625. The molecule has 3 aromatic rings. The first-order chi connectivity index (χ1) is 10.3. The summed E-state index contributed by atoms with van der Waals surface area (Å²) in [7, 11) is 0. The Kier molecular flexibility index (Phi) is 4.13. The molecule has 0 radical (unpaired) electrons. The molecule has 0 amide bonds. The number of aromatic nitrogens is 2. The van der Waals surface area contributed by atoms with Gasteiger partial charge in [0, 0.05) is 0 Å². The molecule has 3 nitrogen and oxygen atoms in total. The smallest absolute Gasteiger partial charge is 0.177 e. The lowest BCUT2D eigenvalue weighted by Gasteiger charge is -2.07. The van der Waals surface area contributed by atoms with E-state index in [4.69, 9.17) is 27.9 Å². The molecule has 5 heteroatoms. The molecule has 0 atom stereocenters. The highest BCUT2D eigenvalue weighted by atomic mass is 35.5. The number of nitrogens with zero attached hydrogens (tertiary/aromatic N) is 2. The minimum Gasteiger partial charge on any atom is -0.484 e. The molecular weight excluding hydrogens is 307 g/mol. The summed E-state index contributed by atoms with van der Waals surface area (Å²) in [5.41, 5.74) is 1.79. The van der Waals surface area contributed by atoms with E-state index in [9.17, 15) is 0 Å². The summed E-state index contributed by atoms with van der Waals surface area (Å²) in [6.07, 6.45) is 1.59. The van der Waals surface area contributed by atoms with E-state index >= 15 is 0 Å². The number of rotatable bonds is 4. The molecule has 1 aromatic heterocycles. The van der Waals surface area contributed by atoms with Crippen molar-refractivity contribution in [2.45, 2.75) is 6.61 Å². The van der Waals surface area contributed by atoms with E-state index in [0.29, 0.717) is 22.5 Å². The monoisotopic (exact) mass is 318 g/mol. The van der Waals surface area contributed by atoms with E-state index in [1.165, 1.54) is 0 Å². The molecule has 21 heavy (non-hydrogen) atoms. The zero-order valence-electron chi connectivity index (χ0n) is 11.0. The topological polar surface area (TPSA) is 27.1 Å². The molecule has 0 saturated carbocycles. The molecule has 0 fully saturated rings. The third-order valence-electron chi connectivity index (χ3n) is 3.00. The zero-order chi connectivity index (χ0) is 14.7. The predicted molar refractivity (Wildman–Crippen MR) is 84.4 cm³/mol. The molecule has 0 aliphatic heterocycles. The summed E-state index contributed by atoms with van der Waals surface area (Å²) in [6, 6.07) is 17.3. The highest BCUT2D eigenvalue weighted by Gasteiger charge is 2.13. The van der Waals surface area contributed by atoms with E-state index in [0.717, 1.165) is 11.3 Å². The fourth-order valence-corrected chi connectivity index (χ4v) is 2.40. The van der Waals surface area contributed by atoms with Crippen LogP contribution in [0.2, 0.25) is 10.2 Å². The van der Waals surface area contributed by atoms with Crippen LogP contribution >= 0.6 is 23.2 Å². The Balaban J connectivity index is 1.82. The Morgan fingerprint density at radius 2 is 1.67 bits per heavy atom. The summed E-state index contributed by atoms with van der Waals surface area (Å²) < 4.78 is 7.27. The van der Waals surface area contributed by atoms with Crippen LogP contribution in [0.1, 0.15) is 5.56 Å². The molecule has 106 valence electrons. The molecule has 0 spiro atoms. The van der Waals surface area contributed by atoms with E-state index < -0.39 is 0 Å². The van der Waals surface area contributed by atoms with Crippen LogP contribution in [-0.4, -0.2) is 9.78 Å². The van der Waals surface area contributed by atoms with Crippen molar-refractivity contribution < 1.29 is 4.74 Å².